The third-order valence-corrected chi connectivity index (χ3v) is 3.30. The summed E-state index contributed by atoms with van der Waals surface area (Å²) in [5.41, 5.74) is 7.95. The fourth-order valence-corrected chi connectivity index (χ4v) is 2.35. The van der Waals surface area contributed by atoms with Gasteiger partial charge in [-0.25, -0.2) is 0 Å². The maximum atomic E-state index is 5.64. The van der Waals surface area contributed by atoms with Crippen LogP contribution in [0.25, 0.3) is 0 Å². The molecule has 0 radical (unpaired) electrons. The van der Waals surface area contributed by atoms with E-state index >= 15 is 0 Å². The van der Waals surface area contributed by atoms with Crippen molar-refractivity contribution >= 4 is 5.69 Å². The van der Waals surface area contributed by atoms with E-state index in [9.17, 15) is 0 Å². The summed E-state index contributed by atoms with van der Waals surface area (Å²) >= 11 is 0. The van der Waals surface area contributed by atoms with Crippen LogP contribution in [0.5, 0.6) is 0 Å². The summed E-state index contributed by atoms with van der Waals surface area (Å²) in [6.45, 7) is 0. The van der Waals surface area contributed by atoms with Crippen LogP contribution in [-0.2, 0) is 6.42 Å². The molecule has 76 valence electrons. The highest BCUT2D eigenvalue weighted by Crippen LogP contribution is 2.28. The smallest absolute Gasteiger partial charge is 0.0314 e. The molecule has 0 saturated heterocycles. The Hall–Kier alpha value is -0.980. The Bertz CT molecular complexity index is 270. The number of nitrogen functional groups attached to an aromatic ring is 1. The van der Waals surface area contributed by atoms with Crippen LogP contribution >= 0.6 is 0 Å². The third-order valence-electron chi connectivity index (χ3n) is 3.30. The Balaban J connectivity index is 1.82. The number of aryl methyl sites for hydroxylation is 1. The average Bonchev–Trinajstić information content (AvgIpc) is 2.70. The molecule has 0 spiro atoms. The second-order valence-corrected chi connectivity index (χ2v) is 4.43. The molecule has 1 aromatic rings. The lowest BCUT2D eigenvalue weighted by Crippen LogP contribution is -1.96. The molecule has 1 nitrogen and oxygen atoms in total. The van der Waals surface area contributed by atoms with Crippen LogP contribution in [0.3, 0.4) is 0 Å². The van der Waals surface area contributed by atoms with Gasteiger partial charge in [-0.1, -0.05) is 37.8 Å². The summed E-state index contributed by atoms with van der Waals surface area (Å²) in [5.74, 6) is 0.993. The van der Waals surface area contributed by atoms with Crippen molar-refractivity contribution in [2.75, 3.05) is 5.73 Å². The molecular weight excluding hydrogens is 170 g/mol. The Morgan fingerprint density at radius 2 is 1.71 bits per heavy atom. The number of benzene rings is 1. The van der Waals surface area contributed by atoms with E-state index in [0.29, 0.717) is 0 Å². The number of anilines is 1. The van der Waals surface area contributed by atoms with Gasteiger partial charge in [-0.2, -0.15) is 0 Å². The monoisotopic (exact) mass is 189 g/mol. The second-order valence-electron chi connectivity index (χ2n) is 4.43. The highest BCUT2D eigenvalue weighted by Gasteiger charge is 2.14. The lowest BCUT2D eigenvalue weighted by Gasteiger charge is -2.08. The second kappa shape index (κ2) is 4.50. The molecular formula is C13H19N. The summed E-state index contributed by atoms with van der Waals surface area (Å²) in [4.78, 5) is 0. The molecule has 1 fully saturated rings. The van der Waals surface area contributed by atoms with Gasteiger partial charge in [0.1, 0.15) is 0 Å². The van der Waals surface area contributed by atoms with E-state index in [1.165, 1.54) is 44.1 Å². The molecule has 1 aliphatic carbocycles. The van der Waals surface area contributed by atoms with E-state index < -0.39 is 0 Å². The molecule has 0 amide bonds. The maximum Gasteiger partial charge on any atom is 0.0314 e. The lowest BCUT2D eigenvalue weighted by molar-refractivity contribution is 0.504. The van der Waals surface area contributed by atoms with Crippen molar-refractivity contribution < 1.29 is 0 Å². The van der Waals surface area contributed by atoms with Crippen LogP contribution in [0.4, 0.5) is 5.69 Å². The van der Waals surface area contributed by atoms with E-state index in [0.717, 1.165) is 11.6 Å². The summed E-state index contributed by atoms with van der Waals surface area (Å²) in [7, 11) is 0. The third kappa shape index (κ3) is 2.50. The standard InChI is InChI=1S/C13H19N/c14-13-9-7-12(8-10-13)6-5-11-3-1-2-4-11/h7-11H,1-6,14H2. The van der Waals surface area contributed by atoms with Crippen molar-refractivity contribution in [3.63, 3.8) is 0 Å². The molecule has 0 atom stereocenters. The number of rotatable bonds is 3. The van der Waals surface area contributed by atoms with Gasteiger partial charge in [0.05, 0.1) is 0 Å². The van der Waals surface area contributed by atoms with Gasteiger partial charge in [0.25, 0.3) is 0 Å². The molecule has 0 bridgehead atoms. The first-order valence-electron chi connectivity index (χ1n) is 5.69. The predicted octanol–water partition coefficient (Wildman–Crippen LogP) is 3.39. The Morgan fingerprint density at radius 1 is 1.07 bits per heavy atom. The Kier molecular flexibility index (Phi) is 3.07. The minimum atomic E-state index is 0.870. The normalized spacial score (nSPS) is 17.4. The Labute approximate surface area is 86.3 Å². The molecule has 0 heterocycles. The SMILES string of the molecule is Nc1ccc(CCC2CCCC2)cc1. The van der Waals surface area contributed by atoms with Gasteiger partial charge in [-0.3, -0.25) is 0 Å². The van der Waals surface area contributed by atoms with Crippen LogP contribution in [0.2, 0.25) is 0 Å². The van der Waals surface area contributed by atoms with Crippen LogP contribution in [0.1, 0.15) is 37.7 Å². The molecule has 1 aromatic carbocycles. The van der Waals surface area contributed by atoms with E-state index in [2.05, 4.69) is 12.1 Å². The van der Waals surface area contributed by atoms with Crippen LogP contribution in [-0.4, -0.2) is 0 Å². The molecule has 2 rings (SSSR count). The van der Waals surface area contributed by atoms with E-state index in [-0.39, 0.29) is 0 Å². The number of hydrogen-bond acceptors (Lipinski definition) is 1. The fourth-order valence-electron chi connectivity index (χ4n) is 2.35. The molecule has 1 saturated carbocycles. The average molecular weight is 189 g/mol. The highest BCUT2D eigenvalue weighted by molar-refractivity contribution is 5.39. The summed E-state index contributed by atoms with van der Waals surface area (Å²) in [6, 6.07) is 8.32. The van der Waals surface area contributed by atoms with E-state index in [4.69, 9.17) is 5.73 Å². The van der Waals surface area contributed by atoms with Gasteiger partial charge < -0.3 is 5.73 Å². The molecule has 1 heteroatoms. The molecule has 1 aliphatic rings. The topological polar surface area (TPSA) is 26.0 Å². The largest absolute Gasteiger partial charge is 0.399 e. The molecule has 0 unspecified atom stereocenters. The van der Waals surface area contributed by atoms with Crippen molar-refractivity contribution in [3.05, 3.63) is 29.8 Å². The number of hydrogen-bond donors (Lipinski definition) is 1. The van der Waals surface area contributed by atoms with Gasteiger partial charge >= 0.3 is 0 Å². The van der Waals surface area contributed by atoms with Crippen LogP contribution in [0, 0.1) is 5.92 Å². The van der Waals surface area contributed by atoms with Crippen molar-refractivity contribution in [2.24, 2.45) is 5.92 Å². The highest BCUT2D eigenvalue weighted by atomic mass is 14.5. The lowest BCUT2D eigenvalue weighted by atomic mass is 9.98. The minimum absolute atomic E-state index is 0.870. The first-order valence-corrected chi connectivity index (χ1v) is 5.69. The maximum absolute atomic E-state index is 5.64. The summed E-state index contributed by atoms with van der Waals surface area (Å²) in [6.07, 6.45) is 8.40. The fraction of sp³-hybridized carbons (Fsp3) is 0.538. The zero-order valence-corrected chi connectivity index (χ0v) is 8.71. The zero-order valence-electron chi connectivity index (χ0n) is 8.71. The van der Waals surface area contributed by atoms with Crippen molar-refractivity contribution in [3.8, 4) is 0 Å². The van der Waals surface area contributed by atoms with Crippen molar-refractivity contribution in [1.82, 2.24) is 0 Å². The molecule has 0 aromatic heterocycles. The molecule has 2 N–H and O–H groups in total. The van der Waals surface area contributed by atoms with Gasteiger partial charge in [-0.05, 0) is 36.5 Å². The van der Waals surface area contributed by atoms with Crippen molar-refractivity contribution in [2.45, 2.75) is 38.5 Å². The van der Waals surface area contributed by atoms with Gasteiger partial charge in [-0.15, -0.1) is 0 Å². The van der Waals surface area contributed by atoms with E-state index in [1.807, 2.05) is 12.1 Å². The number of nitrogens with two attached hydrogens (primary N) is 1. The summed E-state index contributed by atoms with van der Waals surface area (Å²) in [5, 5.41) is 0. The van der Waals surface area contributed by atoms with Crippen LogP contribution < -0.4 is 5.73 Å². The van der Waals surface area contributed by atoms with Gasteiger partial charge in [0, 0.05) is 5.69 Å². The zero-order chi connectivity index (χ0) is 9.80. The van der Waals surface area contributed by atoms with E-state index in [1.54, 1.807) is 0 Å². The van der Waals surface area contributed by atoms with Crippen LogP contribution in [0.15, 0.2) is 24.3 Å². The van der Waals surface area contributed by atoms with Gasteiger partial charge in [0.15, 0.2) is 0 Å². The first-order chi connectivity index (χ1) is 6.84. The molecule has 14 heavy (non-hydrogen) atoms. The van der Waals surface area contributed by atoms with Gasteiger partial charge in [0.2, 0.25) is 0 Å². The summed E-state index contributed by atoms with van der Waals surface area (Å²) < 4.78 is 0. The quantitative estimate of drug-likeness (QED) is 0.725. The first kappa shape index (κ1) is 9.57. The Morgan fingerprint density at radius 3 is 2.36 bits per heavy atom. The van der Waals surface area contributed by atoms with Crippen molar-refractivity contribution in [1.29, 1.82) is 0 Å². The molecule has 0 aliphatic heterocycles. The minimum Gasteiger partial charge on any atom is -0.399 e. The predicted molar refractivity (Wildman–Crippen MR) is 61.1 cm³/mol.